The summed E-state index contributed by atoms with van der Waals surface area (Å²) < 4.78 is 2.41. The van der Waals surface area contributed by atoms with Gasteiger partial charge >= 0.3 is 0 Å². The molecule has 2 nitrogen and oxygen atoms in total. The molecule has 2 heteroatoms. The van der Waals surface area contributed by atoms with Gasteiger partial charge in [0.25, 0.3) is 0 Å². The Kier molecular flexibility index (Phi) is 8.84. The normalized spacial score (nSPS) is 12.8. The summed E-state index contributed by atoms with van der Waals surface area (Å²) in [5.41, 5.74) is 24.1. The van der Waals surface area contributed by atoms with E-state index in [0.29, 0.717) is 0 Å². The molecule has 1 heterocycles. The van der Waals surface area contributed by atoms with Gasteiger partial charge in [0.2, 0.25) is 0 Å². The van der Waals surface area contributed by atoms with Gasteiger partial charge in [-0.3, -0.25) is 0 Å². The minimum Gasteiger partial charge on any atom is -0.310 e. The third-order valence-corrected chi connectivity index (χ3v) is 14.8. The molecule has 0 bridgehead atoms. The van der Waals surface area contributed by atoms with Crippen molar-refractivity contribution >= 4 is 38.9 Å². The first-order valence-corrected chi connectivity index (χ1v) is 23.9. The molecule has 69 heavy (non-hydrogen) atoms. The number of nitrogens with zero attached hydrogens (tertiary/aromatic N) is 2. The second kappa shape index (κ2) is 15.6. The summed E-state index contributed by atoms with van der Waals surface area (Å²) >= 11 is 0. The fraction of sp³-hybridized carbons (Fsp3) is 0.0149. The molecule has 0 saturated heterocycles. The number of para-hydroxylation sites is 2. The minimum absolute atomic E-state index is 0.532. The van der Waals surface area contributed by atoms with Gasteiger partial charge in [-0.15, -0.1) is 0 Å². The molecule has 0 saturated carbocycles. The molecular formula is C67H44N2. The Morgan fingerprint density at radius 3 is 1.36 bits per heavy atom. The number of anilines is 3. The van der Waals surface area contributed by atoms with Gasteiger partial charge in [-0.2, -0.15) is 0 Å². The lowest BCUT2D eigenvalue weighted by molar-refractivity contribution is 0.794. The minimum atomic E-state index is -0.532. The van der Waals surface area contributed by atoms with Crippen LogP contribution in [-0.2, 0) is 5.41 Å². The van der Waals surface area contributed by atoms with E-state index in [4.69, 9.17) is 0 Å². The van der Waals surface area contributed by atoms with Crippen LogP contribution in [0.15, 0.2) is 267 Å². The van der Waals surface area contributed by atoms with E-state index in [1.54, 1.807) is 0 Å². The molecule has 0 unspecified atom stereocenters. The van der Waals surface area contributed by atoms with Gasteiger partial charge in [-0.05, 0) is 151 Å². The molecule has 0 fully saturated rings. The quantitative estimate of drug-likeness (QED) is 0.155. The summed E-state index contributed by atoms with van der Waals surface area (Å²) in [5.74, 6) is 0. The second-order valence-electron chi connectivity index (χ2n) is 18.4. The van der Waals surface area contributed by atoms with E-state index in [1.165, 1.54) is 99.7 Å². The lowest BCUT2D eigenvalue weighted by Gasteiger charge is -2.32. The molecule has 0 radical (unpaired) electrons. The highest BCUT2D eigenvalue weighted by molar-refractivity contribution is 6.10. The molecule has 0 amide bonds. The topological polar surface area (TPSA) is 8.17 Å². The third kappa shape index (κ3) is 5.99. The van der Waals surface area contributed by atoms with E-state index in [1.807, 2.05) is 0 Å². The van der Waals surface area contributed by atoms with Crippen molar-refractivity contribution in [1.82, 2.24) is 4.57 Å². The third-order valence-electron chi connectivity index (χ3n) is 14.8. The summed E-state index contributed by atoms with van der Waals surface area (Å²) in [5, 5.41) is 2.49. The number of aromatic nitrogens is 1. The molecule has 1 spiro atoms. The van der Waals surface area contributed by atoms with Crippen molar-refractivity contribution in [3.05, 3.63) is 289 Å². The van der Waals surface area contributed by atoms with Gasteiger partial charge in [-0.25, -0.2) is 0 Å². The zero-order chi connectivity index (χ0) is 45.5. The Bertz CT molecular complexity index is 3880. The maximum absolute atomic E-state index is 2.51. The largest absolute Gasteiger partial charge is 0.310 e. The highest BCUT2D eigenvalue weighted by Gasteiger charge is 2.52. The van der Waals surface area contributed by atoms with Crippen LogP contribution in [0.5, 0.6) is 0 Å². The van der Waals surface area contributed by atoms with Crippen LogP contribution in [0, 0.1) is 0 Å². The van der Waals surface area contributed by atoms with Gasteiger partial charge in [0.15, 0.2) is 0 Å². The van der Waals surface area contributed by atoms with Crippen molar-refractivity contribution in [2.24, 2.45) is 0 Å². The first-order valence-electron chi connectivity index (χ1n) is 23.9. The molecule has 11 aromatic carbocycles. The Balaban J connectivity index is 0.936. The van der Waals surface area contributed by atoms with Crippen LogP contribution in [0.25, 0.3) is 83.1 Å². The molecule has 1 aromatic heterocycles. The fourth-order valence-electron chi connectivity index (χ4n) is 11.8. The van der Waals surface area contributed by atoms with E-state index < -0.39 is 5.41 Å². The second-order valence-corrected chi connectivity index (χ2v) is 18.4. The SMILES string of the molecule is c1ccc(-c2ccc(N(c3ccccc3)c3ccc4c(c3)C3(c5ccccc5-c5ccccc53)c3cc(-c5ccc6c(c5)c5ccccc5n6-c5ccc(-c6ccccc6)cc5)ccc3-4)cc2)cc1. The summed E-state index contributed by atoms with van der Waals surface area (Å²) in [4.78, 5) is 2.41. The van der Waals surface area contributed by atoms with Crippen LogP contribution in [0.2, 0.25) is 0 Å². The maximum atomic E-state index is 2.51. The van der Waals surface area contributed by atoms with Crippen molar-refractivity contribution in [3.8, 4) is 61.3 Å². The van der Waals surface area contributed by atoms with Crippen molar-refractivity contribution < 1.29 is 0 Å². The number of benzene rings is 11. The van der Waals surface area contributed by atoms with E-state index in [-0.39, 0.29) is 0 Å². The fourth-order valence-corrected chi connectivity index (χ4v) is 11.8. The van der Waals surface area contributed by atoms with Gasteiger partial charge in [0, 0.05) is 33.5 Å². The first kappa shape index (κ1) is 39.2. The number of hydrogen-bond donors (Lipinski definition) is 0. The van der Waals surface area contributed by atoms with Crippen molar-refractivity contribution in [1.29, 1.82) is 0 Å². The van der Waals surface area contributed by atoms with Crippen molar-refractivity contribution in [2.45, 2.75) is 5.41 Å². The Hall–Kier alpha value is -8.98. The van der Waals surface area contributed by atoms with Crippen LogP contribution in [0.1, 0.15) is 22.3 Å². The van der Waals surface area contributed by atoms with Crippen LogP contribution in [0.4, 0.5) is 17.1 Å². The zero-order valence-electron chi connectivity index (χ0n) is 37.8. The smallest absolute Gasteiger partial charge is 0.0726 e. The number of hydrogen-bond acceptors (Lipinski definition) is 1. The van der Waals surface area contributed by atoms with Crippen LogP contribution in [0.3, 0.4) is 0 Å². The van der Waals surface area contributed by atoms with E-state index in [0.717, 1.165) is 22.7 Å². The van der Waals surface area contributed by atoms with Gasteiger partial charge in [0.05, 0.1) is 16.4 Å². The molecule has 0 aliphatic heterocycles. The summed E-state index contributed by atoms with van der Waals surface area (Å²) in [6.45, 7) is 0. The monoisotopic (exact) mass is 876 g/mol. The Labute approximate surface area is 402 Å². The van der Waals surface area contributed by atoms with E-state index in [2.05, 4.69) is 276 Å². The molecular weight excluding hydrogens is 833 g/mol. The Morgan fingerprint density at radius 2 is 0.696 bits per heavy atom. The summed E-state index contributed by atoms with van der Waals surface area (Å²) in [6.07, 6.45) is 0. The number of fused-ring (bicyclic) bond motifs is 13. The standard InChI is InChI=1S/C67H44N2/c1-4-16-45(17-5-1)47-28-34-52(35-29-47)68(51-20-8-3-9-21-51)54-38-40-58-57-39-32-50(43-63(57)67(64(58)44-54)61-25-13-10-22-55(61)56-23-11-14-26-62(56)67)49-33-41-66-60(42-49)59-24-12-15-27-65(59)69(66)53-36-30-48(31-37-53)46-18-6-2-7-19-46/h1-44H. The van der Waals surface area contributed by atoms with Crippen molar-refractivity contribution in [2.75, 3.05) is 4.90 Å². The van der Waals surface area contributed by atoms with Crippen LogP contribution < -0.4 is 4.90 Å². The maximum Gasteiger partial charge on any atom is 0.0726 e. The first-order chi connectivity index (χ1) is 34.2. The van der Waals surface area contributed by atoms with E-state index in [9.17, 15) is 0 Å². The predicted molar refractivity (Wildman–Crippen MR) is 288 cm³/mol. The predicted octanol–water partition coefficient (Wildman–Crippen LogP) is 17.6. The highest BCUT2D eigenvalue weighted by Crippen LogP contribution is 2.64. The van der Waals surface area contributed by atoms with Gasteiger partial charge in [-0.1, -0.05) is 194 Å². The molecule has 2 aliphatic rings. The lowest BCUT2D eigenvalue weighted by atomic mass is 9.70. The molecule has 322 valence electrons. The molecule has 0 N–H and O–H groups in total. The van der Waals surface area contributed by atoms with Gasteiger partial charge < -0.3 is 9.47 Å². The molecule has 12 aromatic rings. The zero-order valence-corrected chi connectivity index (χ0v) is 37.8. The highest BCUT2D eigenvalue weighted by atomic mass is 15.1. The van der Waals surface area contributed by atoms with Crippen LogP contribution in [-0.4, -0.2) is 4.57 Å². The van der Waals surface area contributed by atoms with E-state index >= 15 is 0 Å². The summed E-state index contributed by atoms with van der Waals surface area (Å²) in [6, 6.07) is 98.5. The number of rotatable bonds is 7. The van der Waals surface area contributed by atoms with Crippen molar-refractivity contribution in [3.63, 3.8) is 0 Å². The average molecular weight is 877 g/mol. The Morgan fingerprint density at radius 1 is 0.261 bits per heavy atom. The van der Waals surface area contributed by atoms with Gasteiger partial charge in [0.1, 0.15) is 0 Å². The molecule has 0 atom stereocenters. The lowest BCUT2D eigenvalue weighted by Crippen LogP contribution is -2.26. The average Bonchev–Trinajstić information content (AvgIpc) is 4.03. The summed E-state index contributed by atoms with van der Waals surface area (Å²) in [7, 11) is 0. The van der Waals surface area contributed by atoms with Crippen LogP contribution >= 0.6 is 0 Å². The molecule has 2 aliphatic carbocycles. The molecule has 14 rings (SSSR count).